The molecule has 1 aliphatic carbocycles. The monoisotopic (exact) mass is 409 g/mol. The highest BCUT2D eigenvalue weighted by molar-refractivity contribution is 9.10. The first-order valence-corrected chi connectivity index (χ1v) is 9.80. The molecule has 0 amide bonds. The Kier molecular flexibility index (Phi) is 6.02. The highest BCUT2D eigenvalue weighted by Gasteiger charge is 2.44. The van der Waals surface area contributed by atoms with Gasteiger partial charge in [-0.3, -0.25) is 4.99 Å². The van der Waals surface area contributed by atoms with E-state index in [9.17, 15) is 5.11 Å². The Bertz CT molecular complexity index is 610. The van der Waals surface area contributed by atoms with Gasteiger partial charge in [0.2, 0.25) is 0 Å². The molecule has 1 aromatic rings. The normalized spacial score (nSPS) is 25.0. The summed E-state index contributed by atoms with van der Waals surface area (Å²) in [4.78, 5) is 4.36. The van der Waals surface area contributed by atoms with Crippen molar-refractivity contribution in [1.29, 1.82) is 0 Å². The first-order chi connectivity index (χ1) is 12.1. The number of nitrogens with zero attached hydrogens (tertiary/aromatic N) is 1. The van der Waals surface area contributed by atoms with Gasteiger partial charge in [0.1, 0.15) is 0 Å². The zero-order valence-electron chi connectivity index (χ0n) is 14.9. The van der Waals surface area contributed by atoms with Gasteiger partial charge in [0.25, 0.3) is 0 Å². The lowest BCUT2D eigenvalue weighted by atomic mass is 9.84. The summed E-state index contributed by atoms with van der Waals surface area (Å²) in [5.74, 6) is 0.825. The average molecular weight is 410 g/mol. The molecule has 1 saturated carbocycles. The Morgan fingerprint density at radius 3 is 2.68 bits per heavy atom. The molecular weight excluding hydrogens is 382 g/mol. The maximum absolute atomic E-state index is 9.35. The van der Waals surface area contributed by atoms with Crippen molar-refractivity contribution < 1.29 is 9.84 Å². The number of rotatable bonds is 7. The van der Waals surface area contributed by atoms with Gasteiger partial charge in [-0.05, 0) is 43.4 Å². The second-order valence-corrected chi connectivity index (χ2v) is 8.26. The second kappa shape index (κ2) is 8.06. The summed E-state index contributed by atoms with van der Waals surface area (Å²) >= 11 is 3.57. The van der Waals surface area contributed by atoms with Gasteiger partial charge in [-0.25, -0.2) is 0 Å². The molecule has 5 nitrogen and oxygen atoms in total. The van der Waals surface area contributed by atoms with Crippen molar-refractivity contribution in [2.75, 3.05) is 40.0 Å². The van der Waals surface area contributed by atoms with Crippen molar-refractivity contribution in [3.05, 3.63) is 34.3 Å². The highest BCUT2D eigenvalue weighted by Crippen LogP contribution is 2.48. The number of hydrogen-bond acceptors (Lipinski definition) is 3. The van der Waals surface area contributed by atoms with E-state index >= 15 is 0 Å². The number of aliphatic imine (C=N–C) groups is 1. The third-order valence-corrected chi connectivity index (χ3v) is 6.06. The van der Waals surface area contributed by atoms with E-state index < -0.39 is 0 Å². The molecule has 1 heterocycles. The molecule has 0 aromatic heterocycles. The average Bonchev–Trinajstić information content (AvgIpc) is 3.27. The number of nitrogens with one attached hydrogen (secondary N) is 2. The van der Waals surface area contributed by atoms with Crippen LogP contribution in [0.1, 0.15) is 31.2 Å². The Balaban J connectivity index is 1.54. The Labute approximate surface area is 158 Å². The van der Waals surface area contributed by atoms with Gasteiger partial charge in [-0.2, -0.15) is 0 Å². The number of ether oxygens (including phenoxy) is 1. The number of aliphatic hydroxyl groups is 1. The summed E-state index contributed by atoms with van der Waals surface area (Å²) in [7, 11) is 1.80. The predicted octanol–water partition coefficient (Wildman–Crippen LogP) is 2.43. The van der Waals surface area contributed by atoms with Crippen LogP contribution in [0.2, 0.25) is 0 Å². The van der Waals surface area contributed by atoms with E-state index in [2.05, 4.69) is 55.8 Å². The molecule has 6 heteroatoms. The molecule has 1 aromatic carbocycles. The van der Waals surface area contributed by atoms with Gasteiger partial charge in [0.15, 0.2) is 5.96 Å². The summed E-state index contributed by atoms with van der Waals surface area (Å²) in [5.41, 5.74) is 1.62. The van der Waals surface area contributed by atoms with Crippen molar-refractivity contribution in [3.8, 4) is 0 Å². The van der Waals surface area contributed by atoms with E-state index in [-0.39, 0.29) is 17.4 Å². The first-order valence-electron chi connectivity index (χ1n) is 9.01. The van der Waals surface area contributed by atoms with E-state index in [0.717, 1.165) is 43.0 Å². The van der Waals surface area contributed by atoms with Crippen molar-refractivity contribution in [2.24, 2.45) is 10.4 Å². The van der Waals surface area contributed by atoms with E-state index in [1.54, 1.807) is 7.05 Å². The number of guanidine groups is 1. The lowest BCUT2D eigenvalue weighted by Crippen LogP contribution is -2.46. The van der Waals surface area contributed by atoms with Gasteiger partial charge in [-0.1, -0.05) is 28.1 Å². The van der Waals surface area contributed by atoms with Crippen LogP contribution in [0, 0.1) is 5.41 Å². The van der Waals surface area contributed by atoms with Crippen LogP contribution in [0.3, 0.4) is 0 Å². The van der Waals surface area contributed by atoms with Crippen LogP contribution >= 0.6 is 15.9 Å². The standard InChI is InChI=1S/C19H28BrN3O2/c1-21-17(22-12-18(7-9-24)8-10-25-14-18)23-13-19(5-6-19)15-3-2-4-16(20)11-15/h2-4,11,24H,5-10,12-14H2,1H3,(H2,21,22,23). The molecule has 1 atom stereocenters. The summed E-state index contributed by atoms with van der Waals surface area (Å²) in [5, 5.41) is 16.3. The molecule has 0 spiro atoms. The largest absolute Gasteiger partial charge is 0.396 e. The molecule has 1 aliphatic heterocycles. The lowest BCUT2D eigenvalue weighted by Gasteiger charge is -2.28. The van der Waals surface area contributed by atoms with E-state index in [4.69, 9.17) is 4.74 Å². The maximum atomic E-state index is 9.35. The van der Waals surface area contributed by atoms with Crippen LogP contribution in [0.15, 0.2) is 33.7 Å². The SMILES string of the molecule is CN=C(NCC1(CCO)CCOC1)NCC1(c2cccc(Br)c2)CC1. The fraction of sp³-hybridized carbons (Fsp3) is 0.632. The third-order valence-electron chi connectivity index (χ3n) is 5.57. The van der Waals surface area contributed by atoms with Crippen molar-refractivity contribution in [3.63, 3.8) is 0 Å². The highest BCUT2D eigenvalue weighted by atomic mass is 79.9. The minimum Gasteiger partial charge on any atom is -0.396 e. The number of benzene rings is 1. The Hall–Kier alpha value is -1.11. The molecule has 2 aliphatic rings. The summed E-state index contributed by atoms with van der Waals surface area (Å²) in [6.07, 6.45) is 4.16. The summed E-state index contributed by atoms with van der Waals surface area (Å²) < 4.78 is 6.69. The minimum absolute atomic E-state index is 0.0218. The third kappa shape index (κ3) is 4.54. The molecule has 1 unspecified atom stereocenters. The topological polar surface area (TPSA) is 65.9 Å². The van der Waals surface area contributed by atoms with Crippen LogP contribution in [-0.4, -0.2) is 51.0 Å². The molecule has 138 valence electrons. The van der Waals surface area contributed by atoms with Crippen LogP contribution in [0.5, 0.6) is 0 Å². The number of hydrogen-bond donors (Lipinski definition) is 3. The zero-order valence-corrected chi connectivity index (χ0v) is 16.4. The molecular formula is C19H28BrN3O2. The van der Waals surface area contributed by atoms with Gasteiger partial charge in [0, 0.05) is 48.7 Å². The second-order valence-electron chi connectivity index (χ2n) is 7.35. The predicted molar refractivity (Wildman–Crippen MR) is 104 cm³/mol. The molecule has 3 rings (SSSR count). The molecule has 3 N–H and O–H groups in total. The maximum Gasteiger partial charge on any atom is 0.191 e. The van der Waals surface area contributed by atoms with E-state index in [1.165, 1.54) is 18.4 Å². The molecule has 2 fully saturated rings. The van der Waals surface area contributed by atoms with Crippen LogP contribution < -0.4 is 10.6 Å². The van der Waals surface area contributed by atoms with Gasteiger partial charge < -0.3 is 20.5 Å². The van der Waals surface area contributed by atoms with Gasteiger partial charge in [0.05, 0.1) is 6.61 Å². The van der Waals surface area contributed by atoms with Crippen molar-refractivity contribution in [2.45, 2.75) is 31.1 Å². The van der Waals surface area contributed by atoms with Crippen LogP contribution in [0.4, 0.5) is 0 Å². The smallest absolute Gasteiger partial charge is 0.191 e. The Morgan fingerprint density at radius 1 is 1.28 bits per heavy atom. The lowest BCUT2D eigenvalue weighted by molar-refractivity contribution is 0.127. The fourth-order valence-electron chi connectivity index (χ4n) is 3.59. The van der Waals surface area contributed by atoms with Crippen LogP contribution in [-0.2, 0) is 10.2 Å². The minimum atomic E-state index is 0.0218. The number of aliphatic hydroxyl groups excluding tert-OH is 1. The van der Waals surface area contributed by atoms with Crippen molar-refractivity contribution >= 4 is 21.9 Å². The summed E-state index contributed by atoms with van der Waals surface area (Å²) in [6, 6.07) is 8.60. The first kappa shape index (κ1) is 18.7. The van der Waals surface area contributed by atoms with E-state index in [1.807, 2.05) is 0 Å². The zero-order chi connectivity index (χ0) is 17.8. The number of halogens is 1. The summed E-state index contributed by atoms with van der Waals surface area (Å²) in [6.45, 7) is 3.34. The fourth-order valence-corrected chi connectivity index (χ4v) is 3.99. The molecule has 1 saturated heterocycles. The van der Waals surface area contributed by atoms with Gasteiger partial charge in [-0.15, -0.1) is 0 Å². The van der Waals surface area contributed by atoms with Crippen molar-refractivity contribution in [1.82, 2.24) is 10.6 Å². The quantitative estimate of drug-likeness (QED) is 0.477. The Morgan fingerprint density at radius 2 is 2.08 bits per heavy atom. The van der Waals surface area contributed by atoms with E-state index in [0.29, 0.717) is 6.61 Å². The van der Waals surface area contributed by atoms with Crippen LogP contribution in [0.25, 0.3) is 0 Å². The molecule has 25 heavy (non-hydrogen) atoms. The molecule has 0 radical (unpaired) electrons. The molecule has 0 bridgehead atoms. The van der Waals surface area contributed by atoms with Gasteiger partial charge >= 0.3 is 0 Å².